The Kier molecular flexibility index (Phi) is 4.18. The summed E-state index contributed by atoms with van der Waals surface area (Å²) in [6.45, 7) is 6.36. The molecule has 1 aromatic carbocycles. The van der Waals surface area contributed by atoms with Crippen molar-refractivity contribution in [3.63, 3.8) is 0 Å². The minimum atomic E-state index is -0.569. The maximum absolute atomic E-state index is 11.9. The van der Waals surface area contributed by atoms with Gasteiger partial charge in [0.1, 0.15) is 11.4 Å². The van der Waals surface area contributed by atoms with Crippen LogP contribution in [-0.4, -0.2) is 23.3 Å². The average Bonchev–Trinajstić information content (AvgIpc) is 2.82. The molecule has 110 valence electrons. The fourth-order valence-electron chi connectivity index (χ4n) is 2.34. The van der Waals surface area contributed by atoms with Gasteiger partial charge >= 0.3 is 6.09 Å². The number of benzene rings is 1. The van der Waals surface area contributed by atoms with Gasteiger partial charge in [0, 0.05) is 6.04 Å². The first-order valence-corrected chi connectivity index (χ1v) is 6.92. The van der Waals surface area contributed by atoms with Crippen LogP contribution >= 0.6 is 0 Å². The van der Waals surface area contributed by atoms with E-state index in [2.05, 4.69) is 10.6 Å². The van der Waals surface area contributed by atoms with Crippen LogP contribution in [-0.2, 0) is 4.74 Å². The van der Waals surface area contributed by atoms with E-state index >= 15 is 0 Å². The number of anilines is 1. The van der Waals surface area contributed by atoms with Crippen molar-refractivity contribution in [3.05, 3.63) is 23.8 Å². The number of phenols is 1. The Hall–Kier alpha value is -1.75. The molecule has 1 atom stereocenters. The van der Waals surface area contributed by atoms with Gasteiger partial charge in [0.05, 0.1) is 5.69 Å². The summed E-state index contributed by atoms with van der Waals surface area (Å²) in [5.74, 6) is 0.0575. The molecule has 1 fully saturated rings. The second-order valence-electron chi connectivity index (χ2n) is 6.02. The number of ether oxygens (including phenoxy) is 1. The lowest BCUT2D eigenvalue weighted by Crippen LogP contribution is -2.28. The van der Waals surface area contributed by atoms with Crippen molar-refractivity contribution >= 4 is 11.8 Å². The Bertz CT molecular complexity index is 488. The first-order chi connectivity index (χ1) is 9.37. The summed E-state index contributed by atoms with van der Waals surface area (Å²) in [7, 11) is 0. The third kappa shape index (κ3) is 3.63. The van der Waals surface area contributed by atoms with E-state index < -0.39 is 11.7 Å². The fraction of sp³-hybridized carbons (Fsp3) is 0.533. The highest BCUT2D eigenvalue weighted by Gasteiger charge is 2.23. The number of hydrogen-bond donors (Lipinski definition) is 3. The van der Waals surface area contributed by atoms with Gasteiger partial charge in [-0.1, -0.05) is 12.1 Å². The van der Waals surface area contributed by atoms with E-state index in [9.17, 15) is 9.90 Å². The summed E-state index contributed by atoms with van der Waals surface area (Å²) >= 11 is 0. The van der Waals surface area contributed by atoms with Crippen LogP contribution in [0, 0.1) is 0 Å². The molecule has 0 bridgehead atoms. The van der Waals surface area contributed by atoms with Crippen LogP contribution in [0.15, 0.2) is 18.2 Å². The Morgan fingerprint density at radius 3 is 2.80 bits per heavy atom. The normalized spacial score (nSPS) is 18.9. The number of hydrogen-bond acceptors (Lipinski definition) is 4. The minimum absolute atomic E-state index is 0.0575. The van der Waals surface area contributed by atoms with Crippen molar-refractivity contribution in [2.45, 2.75) is 45.3 Å². The molecule has 20 heavy (non-hydrogen) atoms. The van der Waals surface area contributed by atoms with E-state index in [1.807, 2.05) is 6.07 Å². The van der Waals surface area contributed by atoms with Gasteiger partial charge in [-0.05, 0) is 51.8 Å². The smallest absolute Gasteiger partial charge is 0.412 e. The Morgan fingerprint density at radius 1 is 1.45 bits per heavy atom. The van der Waals surface area contributed by atoms with Crippen LogP contribution in [0.2, 0.25) is 0 Å². The van der Waals surface area contributed by atoms with Gasteiger partial charge in [0.25, 0.3) is 0 Å². The molecule has 1 aliphatic heterocycles. The fourth-order valence-corrected chi connectivity index (χ4v) is 2.34. The number of phenolic OH excluding ortho intramolecular Hbond substituents is 1. The number of amides is 1. The molecule has 3 N–H and O–H groups in total. The predicted molar refractivity (Wildman–Crippen MR) is 77.9 cm³/mol. The van der Waals surface area contributed by atoms with Gasteiger partial charge < -0.3 is 15.2 Å². The molecule has 0 aromatic heterocycles. The highest BCUT2D eigenvalue weighted by atomic mass is 16.6. The van der Waals surface area contributed by atoms with E-state index in [0.717, 1.165) is 24.9 Å². The predicted octanol–water partition coefficient (Wildman–Crippen LogP) is 3.16. The zero-order valence-corrected chi connectivity index (χ0v) is 12.2. The highest BCUT2D eigenvalue weighted by molar-refractivity contribution is 5.88. The Balaban J connectivity index is 2.19. The molecule has 1 saturated heterocycles. The van der Waals surface area contributed by atoms with E-state index in [1.54, 1.807) is 32.9 Å². The molecule has 1 amide bonds. The third-order valence-corrected chi connectivity index (χ3v) is 3.14. The SMILES string of the molecule is CC(C)(C)OC(=O)Nc1c(O)cccc1C1CCCN1. The molecule has 2 rings (SSSR count). The summed E-state index contributed by atoms with van der Waals surface area (Å²) < 4.78 is 5.23. The lowest BCUT2D eigenvalue weighted by atomic mass is 10.0. The molecule has 0 saturated carbocycles. The van der Waals surface area contributed by atoms with Gasteiger partial charge in [-0.3, -0.25) is 5.32 Å². The van der Waals surface area contributed by atoms with Crippen LogP contribution in [0.3, 0.4) is 0 Å². The van der Waals surface area contributed by atoms with Gasteiger partial charge in [0.2, 0.25) is 0 Å². The van der Waals surface area contributed by atoms with Crippen molar-refractivity contribution in [2.24, 2.45) is 0 Å². The average molecular weight is 278 g/mol. The Morgan fingerprint density at radius 2 is 2.20 bits per heavy atom. The highest BCUT2D eigenvalue weighted by Crippen LogP contribution is 2.35. The zero-order valence-electron chi connectivity index (χ0n) is 12.2. The summed E-state index contributed by atoms with van der Waals surface area (Å²) in [4.78, 5) is 11.9. The molecule has 1 unspecified atom stereocenters. The minimum Gasteiger partial charge on any atom is -0.506 e. The maximum atomic E-state index is 11.9. The topological polar surface area (TPSA) is 70.6 Å². The number of nitrogens with one attached hydrogen (secondary N) is 2. The molecular formula is C15H22N2O3. The maximum Gasteiger partial charge on any atom is 0.412 e. The molecule has 1 aromatic rings. The first kappa shape index (κ1) is 14.7. The molecular weight excluding hydrogens is 256 g/mol. The largest absolute Gasteiger partial charge is 0.506 e. The first-order valence-electron chi connectivity index (χ1n) is 6.92. The number of rotatable bonds is 2. The quantitative estimate of drug-likeness (QED) is 0.727. The van der Waals surface area contributed by atoms with Gasteiger partial charge in [0.15, 0.2) is 0 Å². The second-order valence-corrected chi connectivity index (χ2v) is 6.02. The van der Waals surface area contributed by atoms with Crippen molar-refractivity contribution < 1.29 is 14.6 Å². The van der Waals surface area contributed by atoms with E-state index in [1.165, 1.54) is 0 Å². The van der Waals surface area contributed by atoms with Crippen molar-refractivity contribution in [2.75, 3.05) is 11.9 Å². The summed E-state index contributed by atoms with van der Waals surface area (Å²) in [6, 6.07) is 5.41. The molecule has 1 heterocycles. The molecule has 5 heteroatoms. The summed E-state index contributed by atoms with van der Waals surface area (Å²) in [5.41, 5.74) is 0.759. The summed E-state index contributed by atoms with van der Waals surface area (Å²) in [5, 5.41) is 16.0. The van der Waals surface area contributed by atoms with Crippen LogP contribution in [0.5, 0.6) is 5.75 Å². The molecule has 5 nitrogen and oxygen atoms in total. The van der Waals surface area contributed by atoms with Crippen LogP contribution in [0.1, 0.15) is 45.2 Å². The lowest BCUT2D eigenvalue weighted by Gasteiger charge is -2.22. The number of para-hydroxylation sites is 1. The van der Waals surface area contributed by atoms with Gasteiger partial charge in [-0.25, -0.2) is 4.79 Å². The van der Waals surface area contributed by atoms with Crippen molar-refractivity contribution in [1.29, 1.82) is 0 Å². The lowest BCUT2D eigenvalue weighted by molar-refractivity contribution is 0.0635. The standard InChI is InChI=1S/C15H22N2O3/c1-15(2,3)20-14(19)17-13-10(6-4-8-12(13)18)11-7-5-9-16-11/h4,6,8,11,16,18H,5,7,9H2,1-3H3,(H,17,19). The number of aromatic hydroxyl groups is 1. The van der Waals surface area contributed by atoms with E-state index in [-0.39, 0.29) is 11.8 Å². The van der Waals surface area contributed by atoms with E-state index in [4.69, 9.17) is 4.74 Å². The second kappa shape index (κ2) is 5.71. The van der Waals surface area contributed by atoms with Gasteiger partial charge in [-0.15, -0.1) is 0 Å². The molecule has 0 spiro atoms. The monoisotopic (exact) mass is 278 g/mol. The summed E-state index contributed by atoms with van der Waals surface area (Å²) in [6.07, 6.45) is 1.52. The van der Waals surface area contributed by atoms with Crippen LogP contribution in [0.25, 0.3) is 0 Å². The van der Waals surface area contributed by atoms with E-state index in [0.29, 0.717) is 5.69 Å². The molecule has 1 aliphatic rings. The molecule has 0 radical (unpaired) electrons. The molecule has 0 aliphatic carbocycles. The number of carbonyl (C=O) groups is 1. The van der Waals surface area contributed by atoms with Crippen LogP contribution < -0.4 is 10.6 Å². The van der Waals surface area contributed by atoms with Crippen molar-refractivity contribution in [1.82, 2.24) is 5.32 Å². The van der Waals surface area contributed by atoms with Crippen molar-refractivity contribution in [3.8, 4) is 5.75 Å². The Labute approximate surface area is 119 Å². The zero-order chi connectivity index (χ0) is 14.8. The van der Waals surface area contributed by atoms with Crippen LogP contribution in [0.4, 0.5) is 10.5 Å². The van der Waals surface area contributed by atoms with Gasteiger partial charge in [-0.2, -0.15) is 0 Å². The third-order valence-electron chi connectivity index (χ3n) is 3.14. The number of carbonyl (C=O) groups excluding carboxylic acids is 1.